The Morgan fingerprint density at radius 3 is 3.05 bits per heavy atom. The van der Waals surface area contributed by atoms with Gasteiger partial charge < -0.3 is 10.2 Å². The molecule has 1 atom stereocenters. The fraction of sp³-hybridized carbons (Fsp3) is 0.714. The number of rotatable bonds is 3. The average Bonchev–Trinajstić information content (AvgIpc) is 2.85. The van der Waals surface area contributed by atoms with Gasteiger partial charge in [-0.1, -0.05) is 0 Å². The van der Waals surface area contributed by atoms with Crippen molar-refractivity contribution in [2.24, 2.45) is 0 Å². The Morgan fingerprint density at radius 2 is 2.21 bits per heavy atom. The lowest BCUT2D eigenvalue weighted by molar-refractivity contribution is 0.230. The molecule has 2 fully saturated rings. The van der Waals surface area contributed by atoms with E-state index in [1.807, 2.05) is 14.0 Å². The van der Waals surface area contributed by atoms with Crippen molar-refractivity contribution >= 4 is 5.82 Å². The first-order valence-electron chi connectivity index (χ1n) is 7.24. The van der Waals surface area contributed by atoms with Gasteiger partial charge in [0, 0.05) is 38.3 Å². The zero-order valence-electron chi connectivity index (χ0n) is 11.9. The Balaban J connectivity index is 1.77. The summed E-state index contributed by atoms with van der Waals surface area (Å²) in [4.78, 5) is 14.2. The van der Waals surface area contributed by atoms with Gasteiger partial charge in [0.2, 0.25) is 0 Å². The van der Waals surface area contributed by atoms with Crippen LogP contribution in [0.25, 0.3) is 0 Å². The summed E-state index contributed by atoms with van der Waals surface area (Å²) in [6.45, 7) is 7.46. The molecular formula is C14H23N5. The number of piperazine rings is 1. The molecule has 2 saturated heterocycles. The second kappa shape index (κ2) is 5.43. The van der Waals surface area contributed by atoms with Gasteiger partial charge in [0.25, 0.3) is 0 Å². The molecule has 1 aromatic heterocycles. The predicted octanol–water partition coefficient (Wildman–Crippen LogP) is 0.789. The molecule has 104 valence electrons. The van der Waals surface area contributed by atoms with Crippen LogP contribution in [0.4, 0.5) is 5.82 Å². The van der Waals surface area contributed by atoms with Gasteiger partial charge in [-0.15, -0.1) is 0 Å². The fourth-order valence-electron chi connectivity index (χ4n) is 3.25. The van der Waals surface area contributed by atoms with Crippen LogP contribution in [-0.2, 0) is 6.54 Å². The summed E-state index contributed by atoms with van der Waals surface area (Å²) < 4.78 is 0. The van der Waals surface area contributed by atoms with Gasteiger partial charge in [-0.2, -0.15) is 0 Å². The van der Waals surface area contributed by atoms with Gasteiger partial charge in [0.1, 0.15) is 11.6 Å². The van der Waals surface area contributed by atoms with Gasteiger partial charge in [-0.05, 0) is 33.4 Å². The first-order valence-corrected chi connectivity index (χ1v) is 7.24. The summed E-state index contributed by atoms with van der Waals surface area (Å²) >= 11 is 0. The molecule has 0 aromatic carbocycles. The third kappa shape index (κ3) is 2.72. The normalized spacial score (nSPS) is 23.7. The summed E-state index contributed by atoms with van der Waals surface area (Å²) in [5.41, 5.74) is 1.08. The van der Waals surface area contributed by atoms with Crippen LogP contribution in [0.3, 0.4) is 0 Å². The van der Waals surface area contributed by atoms with Crippen molar-refractivity contribution in [2.75, 3.05) is 38.1 Å². The molecule has 3 heterocycles. The van der Waals surface area contributed by atoms with Crippen LogP contribution in [0.5, 0.6) is 0 Å². The molecule has 0 aliphatic carbocycles. The van der Waals surface area contributed by atoms with Crippen molar-refractivity contribution in [3.63, 3.8) is 0 Å². The Kier molecular flexibility index (Phi) is 3.66. The highest BCUT2D eigenvalue weighted by Crippen LogP contribution is 2.24. The molecule has 0 radical (unpaired) electrons. The Hall–Kier alpha value is -1.20. The summed E-state index contributed by atoms with van der Waals surface area (Å²) in [6, 6.07) is 2.87. The molecule has 0 saturated carbocycles. The van der Waals surface area contributed by atoms with Crippen LogP contribution in [0.15, 0.2) is 6.07 Å². The molecule has 5 nitrogen and oxygen atoms in total. The number of aromatic nitrogens is 2. The number of nitrogens with one attached hydrogen (secondary N) is 1. The van der Waals surface area contributed by atoms with Crippen molar-refractivity contribution in [3.05, 3.63) is 17.6 Å². The molecule has 1 unspecified atom stereocenters. The van der Waals surface area contributed by atoms with Crippen LogP contribution in [-0.4, -0.2) is 54.1 Å². The third-order valence-electron chi connectivity index (χ3n) is 4.15. The van der Waals surface area contributed by atoms with E-state index in [0.29, 0.717) is 0 Å². The number of aryl methyl sites for hydroxylation is 1. The standard InChI is InChI=1S/C14H23N5/c1-11-16-12(9-15-2)8-14(17-11)19-7-6-18-5-3-4-13(18)10-19/h8,13,15H,3-7,9-10H2,1-2H3. The first kappa shape index (κ1) is 12.8. The van der Waals surface area contributed by atoms with E-state index >= 15 is 0 Å². The van der Waals surface area contributed by atoms with E-state index in [9.17, 15) is 0 Å². The lowest BCUT2D eigenvalue weighted by Gasteiger charge is -2.38. The first-order chi connectivity index (χ1) is 9.26. The number of hydrogen-bond acceptors (Lipinski definition) is 5. The van der Waals surface area contributed by atoms with Gasteiger partial charge in [-0.3, -0.25) is 4.90 Å². The number of nitrogens with zero attached hydrogens (tertiary/aromatic N) is 4. The molecular weight excluding hydrogens is 238 g/mol. The molecule has 0 spiro atoms. The van der Waals surface area contributed by atoms with Crippen molar-refractivity contribution in [1.29, 1.82) is 0 Å². The van der Waals surface area contributed by atoms with E-state index in [0.717, 1.165) is 43.0 Å². The van der Waals surface area contributed by atoms with Crippen LogP contribution < -0.4 is 10.2 Å². The zero-order valence-corrected chi connectivity index (χ0v) is 11.9. The fourth-order valence-corrected chi connectivity index (χ4v) is 3.25. The molecule has 5 heteroatoms. The van der Waals surface area contributed by atoms with Crippen molar-refractivity contribution in [2.45, 2.75) is 32.4 Å². The van der Waals surface area contributed by atoms with Gasteiger partial charge >= 0.3 is 0 Å². The number of hydrogen-bond donors (Lipinski definition) is 1. The summed E-state index contributed by atoms with van der Waals surface area (Å²) in [6.07, 6.45) is 2.69. The van der Waals surface area contributed by atoms with E-state index in [1.54, 1.807) is 0 Å². The van der Waals surface area contributed by atoms with Crippen LogP contribution in [0.2, 0.25) is 0 Å². The zero-order chi connectivity index (χ0) is 13.2. The van der Waals surface area contributed by atoms with Gasteiger partial charge in [-0.25, -0.2) is 9.97 Å². The number of anilines is 1. The monoisotopic (exact) mass is 261 g/mol. The highest BCUT2D eigenvalue weighted by molar-refractivity contribution is 5.41. The largest absolute Gasteiger partial charge is 0.354 e. The molecule has 1 N–H and O–H groups in total. The second-order valence-electron chi connectivity index (χ2n) is 5.57. The number of fused-ring (bicyclic) bond motifs is 1. The van der Waals surface area contributed by atoms with E-state index in [2.05, 4.69) is 31.2 Å². The van der Waals surface area contributed by atoms with Crippen molar-refractivity contribution < 1.29 is 0 Å². The Morgan fingerprint density at radius 1 is 1.32 bits per heavy atom. The summed E-state index contributed by atoms with van der Waals surface area (Å²) in [5, 5.41) is 3.16. The second-order valence-corrected chi connectivity index (χ2v) is 5.57. The highest BCUT2D eigenvalue weighted by Gasteiger charge is 2.31. The van der Waals surface area contributed by atoms with Crippen LogP contribution in [0.1, 0.15) is 24.4 Å². The van der Waals surface area contributed by atoms with Crippen LogP contribution in [0, 0.1) is 6.92 Å². The predicted molar refractivity (Wildman–Crippen MR) is 76.3 cm³/mol. The SMILES string of the molecule is CNCc1cc(N2CCN3CCCC3C2)nc(C)n1. The minimum Gasteiger partial charge on any atom is -0.354 e. The molecule has 0 bridgehead atoms. The lowest BCUT2D eigenvalue weighted by Crippen LogP contribution is -2.50. The lowest BCUT2D eigenvalue weighted by atomic mass is 10.1. The topological polar surface area (TPSA) is 44.3 Å². The molecule has 2 aliphatic heterocycles. The van der Waals surface area contributed by atoms with Gasteiger partial charge in [0.15, 0.2) is 0 Å². The maximum atomic E-state index is 4.62. The Bertz CT molecular complexity index is 447. The quantitative estimate of drug-likeness (QED) is 0.871. The van der Waals surface area contributed by atoms with Gasteiger partial charge in [0.05, 0.1) is 5.69 Å². The van der Waals surface area contributed by atoms with E-state index in [4.69, 9.17) is 0 Å². The Labute approximate surface area is 115 Å². The maximum absolute atomic E-state index is 4.62. The smallest absolute Gasteiger partial charge is 0.132 e. The molecule has 19 heavy (non-hydrogen) atoms. The summed E-state index contributed by atoms with van der Waals surface area (Å²) in [7, 11) is 1.95. The minimum atomic E-state index is 0.733. The van der Waals surface area contributed by atoms with E-state index in [1.165, 1.54) is 25.9 Å². The van der Waals surface area contributed by atoms with Crippen molar-refractivity contribution in [3.8, 4) is 0 Å². The molecule has 0 amide bonds. The van der Waals surface area contributed by atoms with Crippen LogP contribution >= 0.6 is 0 Å². The maximum Gasteiger partial charge on any atom is 0.132 e. The van der Waals surface area contributed by atoms with E-state index in [-0.39, 0.29) is 0 Å². The van der Waals surface area contributed by atoms with Crippen molar-refractivity contribution in [1.82, 2.24) is 20.2 Å². The minimum absolute atomic E-state index is 0.733. The average molecular weight is 261 g/mol. The highest BCUT2D eigenvalue weighted by atomic mass is 15.3. The molecule has 3 rings (SSSR count). The molecule has 2 aliphatic rings. The van der Waals surface area contributed by atoms with E-state index < -0.39 is 0 Å². The summed E-state index contributed by atoms with van der Waals surface area (Å²) in [5.74, 6) is 1.97. The third-order valence-corrected chi connectivity index (χ3v) is 4.15. The molecule has 1 aromatic rings.